The lowest BCUT2D eigenvalue weighted by atomic mass is 10.2. The molecule has 0 saturated heterocycles. The summed E-state index contributed by atoms with van der Waals surface area (Å²) in [7, 11) is 0. The lowest BCUT2D eigenvalue weighted by Crippen LogP contribution is -2.23. The summed E-state index contributed by atoms with van der Waals surface area (Å²) in [5, 5.41) is 6.78. The summed E-state index contributed by atoms with van der Waals surface area (Å²) in [6, 6.07) is 5.51. The van der Waals surface area contributed by atoms with Crippen molar-refractivity contribution in [3.63, 3.8) is 0 Å². The van der Waals surface area contributed by atoms with Crippen LogP contribution in [0.1, 0.15) is 37.9 Å². The number of hydrogen-bond acceptors (Lipinski definition) is 7. The van der Waals surface area contributed by atoms with Gasteiger partial charge < -0.3 is 19.3 Å². The Bertz CT molecular complexity index is 1090. The zero-order valence-corrected chi connectivity index (χ0v) is 16.5. The number of carbonyl (C=O) groups excluding carboxylic acids is 1. The van der Waals surface area contributed by atoms with Crippen LogP contribution in [0.5, 0.6) is 11.5 Å². The van der Waals surface area contributed by atoms with E-state index in [0.29, 0.717) is 40.9 Å². The molecule has 1 amide bonds. The number of amides is 1. The van der Waals surface area contributed by atoms with E-state index in [1.54, 1.807) is 18.4 Å². The van der Waals surface area contributed by atoms with Crippen LogP contribution in [0.3, 0.4) is 0 Å². The van der Waals surface area contributed by atoms with Gasteiger partial charge in [0.05, 0.1) is 12.2 Å². The zero-order valence-electron chi connectivity index (χ0n) is 15.7. The molecule has 3 heterocycles. The molecule has 1 aliphatic rings. The van der Waals surface area contributed by atoms with Gasteiger partial charge in [-0.15, -0.1) is 0 Å². The summed E-state index contributed by atoms with van der Waals surface area (Å²) in [6.45, 7) is 6.27. The van der Waals surface area contributed by atoms with E-state index in [-0.39, 0.29) is 17.6 Å². The molecule has 28 heavy (non-hydrogen) atoms. The van der Waals surface area contributed by atoms with Crippen LogP contribution in [0.25, 0.3) is 0 Å². The smallest absolute Gasteiger partial charge is 0.308 e. The van der Waals surface area contributed by atoms with Gasteiger partial charge in [-0.25, -0.2) is 0 Å². The molecule has 1 aromatic carbocycles. The molecule has 8 nitrogen and oxygen atoms in total. The minimum atomic E-state index is -0.283. The van der Waals surface area contributed by atoms with Gasteiger partial charge in [0.25, 0.3) is 5.91 Å². The first-order valence-electron chi connectivity index (χ1n) is 8.72. The van der Waals surface area contributed by atoms with Crippen LogP contribution in [0.4, 0.5) is 0 Å². The van der Waals surface area contributed by atoms with Gasteiger partial charge in [-0.05, 0) is 38.5 Å². The third-order valence-corrected chi connectivity index (χ3v) is 5.82. The summed E-state index contributed by atoms with van der Waals surface area (Å²) in [6.07, 6.45) is 0. The van der Waals surface area contributed by atoms with E-state index in [1.807, 2.05) is 25.1 Å². The molecule has 0 atom stereocenters. The summed E-state index contributed by atoms with van der Waals surface area (Å²) in [5.41, 5.74) is 3.11. The Kier molecular flexibility index (Phi) is 4.68. The van der Waals surface area contributed by atoms with Gasteiger partial charge in [-0.2, -0.15) is 0 Å². The monoisotopic (exact) mass is 401 g/mol. The van der Waals surface area contributed by atoms with Crippen LogP contribution < -0.4 is 19.7 Å². The number of aromatic nitrogens is 2. The van der Waals surface area contributed by atoms with E-state index < -0.39 is 0 Å². The number of nitrogens with zero attached hydrogens (tertiary/aromatic N) is 2. The van der Waals surface area contributed by atoms with E-state index in [0.717, 1.165) is 28.2 Å². The number of aryl methyl sites for hydroxylation is 2. The van der Waals surface area contributed by atoms with Crippen LogP contribution >= 0.6 is 11.3 Å². The molecular formula is C19H19N3O5S. The second-order valence-corrected chi connectivity index (χ2v) is 7.50. The normalized spacial score (nSPS) is 12.4. The number of nitrogens with one attached hydrogen (secondary N) is 1. The van der Waals surface area contributed by atoms with Gasteiger partial charge in [0, 0.05) is 17.8 Å². The molecule has 2 aromatic heterocycles. The first kappa shape index (κ1) is 18.3. The second kappa shape index (κ2) is 7.16. The maximum absolute atomic E-state index is 12.6. The van der Waals surface area contributed by atoms with Gasteiger partial charge in [0.15, 0.2) is 11.5 Å². The number of rotatable bonds is 5. The lowest BCUT2D eigenvalue weighted by molar-refractivity contribution is 0.0953. The Morgan fingerprint density at radius 1 is 1.25 bits per heavy atom. The minimum Gasteiger partial charge on any atom is -0.454 e. The molecule has 4 rings (SSSR count). The molecule has 0 unspecified atom stereocenters. The fourth-order valence-corrected chi connectivity index (χ4v) is 3.98. The number of fused-ring (bicyclic) bond motifs is 1. The van der Waals surface area contributed by atoms with Gasteiger partial charge >= 0.3 is 4.87 Å². The largest absolute Gasteiger partial charge is 0.454 e. The van der Waals surface area contributed by atoms with E-state index in [2.05, 4.69) is 10.5 Å². The van der Waals surface area contributed by atoms with Crippen LogP contribution in [-0.2, 0) is 13.1 Å². The fourth-order valence-electron chi connectivity index (χ4n) is 3.07. The molecule has 0 aliphatic carbocycles. The number of carbonyl (C=O) groups is 1. The maximum atomic E-state index is 12.6. The highest BCUT2D eigenvalue weighted by molar-refractivity contribution is 7.11. The average Bonchev–Trinajstić information content (AvgIpc) is 3.35. The summed E-state index contributed by atoms with van der Waals surface area (Å²) in [5.74, 6) is 1.75. The number of ether oxygens (including phenoxy) is 2. The van der Waals surface area contributed by atoms with Gasteiger partial charge in [0.2, 0.25) is 6.79 Å². The van der Waals surface area contributed by atoms with Crippen molar-refractivity contribution in [1.29, 1.82) is 0 Å². The molecule has 0 fully saturated rings. The summed E-state index contributed by atoms with van der Waals surface area (Å²) >= 11 is 0.938. The van der Waals surface area contributed by atoms with E-state index in [4.69, 9.17) is 14.0 Å². The maximum Gasteiger partial charge on any atom is 0.308 e. The Balaban J connectivity index is 1.50. The topological polar surface area (TPSA) is 95.6 Å². The van der Waals surface area contributed by atoms with Crippen molar-refractivity contribution in [1.82, 2.24) is 15.0 Å². The predicted octanol–water partition coefficient (Wildman–Crippen LogP) is 2.53. The molecular weight excluding hydrogens is 382 g/mol. The third-order valence-electron chi connectivity index (χ3n) is 4.74. The quantitative estimate of drug-likeness (QED) is 0.706. The fraction of sp³-hybridized carbons (Fsp3) is 0.316. The molecule has 9 heteroatoms. The Morgan fingerprint density at radius 2 is 2.04 bits per heavy atom. The van der Waals surface area contributed by atoms with E-state index >= 15 is 0 Å². The molecule has 0 saturated carbocycles. The lowest BCUT2D eigenvalue weighted by Gasteiger charge is -2.07. The molecule has 0 spiro atoms. The van der Waals surface area contributed by atoms with E-state index in [1.165, 1.54) is 0 Å². The molecule has 1 aliphatic heterocycles. The summed E-state index contributed by atoms with van der Waals surface area (Å²) < 4.78 is 17.4. The molecule has 0 radical (unpaired) electrons. The number of hydrogen-bond donors (Lipinski definition) is 1. The van der Waals surface area contributed by atoms with E-state index in [9.17, 15) is 9.59 Å². The van der Waals surface area contributed by atoms with Gasteiger partial charge in [-0.1, -0.05) is 22.6 Å². The molecule has 3 aromatic rings. The Labute approximate surface area is 164 Å². The first-order valence-corrected chi connectivity index (χ1v) is 9.54. The highest BCUT2D eigenvalue weighted by Gasteiger charge is 2.20. The molecule has 1 N–H and O–H groups in total. The van der Waals surface area contributed by atoms with Crippen molar-refractivity contribution < 1.29 is 18.8 Å². The standard InChI is InChI=1S/C19H19N3O5S/c1-10-14(12(3)27-21-10)8-22-11(2)17(28-19(22)24)18(23)20-7-13-4-5-15-16(6-13)26-9-25-15/h4-6H,7-9H2,1-3H3,(H,20,23). The van der Waals surface area contributed by atoms with Gasteiger partial charge in [-0.3, -0.25) is 14.2 Å². The van der Waals surface area contributed by atoms with Crippen LogP contribution in [0, 0.1) is 20.8 Å². The zero-order chi connectivity index (χ0) is 19.8. The Hall–Kier alpha value is -3.07. The number of benzene rings is 1. The molecule has 146 valence electrons. The predicted molar refractivity (Wildman–Crippen MR) is 102 cm³/mol. The van der Waals surface area contributed by atoms with Crippen molar-refractivity contribution in [2.45, 2.75) is 33.9 Å². The first-order chi connectivity index (χ1) is 13.4. The van der Waals surface area contributed by atoms with Crippen molar-refractivity contribution in [3.8, 4) is 11.5 Å². The third kappa shape index (κ3) is 3.29. The van der Waals surface area contributed by atoms with Crippen LogP contribution in [0.15, 0.2) is 27.5 Å². The van der Waals surface area contributed by atoms with Crippen molar-refractivity contribution in [3.05, 3.63) is 61.0 Å². The summed E-state index contributed by atoms with van der Waals surface area (Å²) in [4.78, 5) is 25.3. The second-order valence-electron chi connectivity index (χ2n) is 6.54. The highest BCUT2D eigenvalue weighted by atomic mass is 32.1. The van der Waals surface area contributed by atoms with Crippen molar-refractivity contribution in [2.24, 2.45) is 0 Å². The number of thiazole rings is 1. The Morgan fingerprint density at radius 3 is 2.79 bits per heavy atom. The van der Waals surface area contributed by atoms with Gasteiger partial charge in [0.1, 0.15) is 10.6 Å². The van der Waals surface area contributed by atoms with Crippen LogP contribution in [0.2, 0.25) is 0 Å². The molecule has 0 bridgehead atoms. The van der Waals surface area contributed by atoms with Crippen molar-refractivity contribution in [2.75, 3.05) is 6.79 Å². The average molecular weight is 401 g/mol. The minimum absolute atomic E-state index is 0.189. The SMILES string of the molecule is Cc1noc(C)c1Cn1c(C)c(C(=O)NCc2ccc3c(c2)OCO3)sc1=O. The van der Waals surface area contributed by atoms with Crippen LogP contribution in [-0.4, -0.2) is 22.4 Å². The van der Waals surface area contributed by atoms with Crippen molar-refractivity contribution >= 4 is 17.2 Å². The highest BCUT2D eigenvalue weighted by Crippen LogP contribution is 2.32.